The summed E-state index contributed by atoms with van der Waals surface area (Å²) >= 11 is 9.32. The molecule has 2 aliphatic heterocycles. The molecular weight excluding hydrogens is 463 g/mol. The first-order chi connectivity index (χ1) is 13.6. The normalized spacial score (nSPS) is 22.1. The van der Waals surface area contributed by atoms with Crippen molar-refractivity contribution < 1.29 is 13.9 Å². The minimum atomic E-state index is -0.538. The van der Waals surface area contributed by atoms with Crippen LogP contribution < -0.4 is 4.90 Å². The number of rotatable bonds is 1. The summed E-state index contributed by atoms with van der Waals surface area (Å²) in [5, 5.41) is 0.614. The zero-order chi connectivity index (χ0) is 20.9. The number of carbonyl (C=O) groups is 1. The minimum Gasteiger partial charge on any atom is -0.444 e. The first-order valence-corrected chi connectivity index (χ1v) is 10.9. The molecule has 0 saturated carbocycles. The molecule has 9 heteroatoms. The van der Waals surface area contributed by atoms with E-state index in [9.17, 15) is 9.18 Å². The maximum Gasteiger partial charge on any atom is 0.410 e. The Kier molecular flexibility index (Phi) is 5.36. The van der Waals surface area contributed by atoms with E-state index in [4.69, 9.17) is 16.3 Å². The number of piperazine rings is 1. The molecule has 3 heterocycles. The number of nitrogens with zero attached hydrogens (tertiary/aromatic N) is 4. The van der Waals surface area contributed by atoms with E-state index < -0.39 is 11.4 Å². The van der Waals surface area contributed by atoms with Gasteiger partial charge in [0.05, 0.1) is 16.6 Å². The van der Waals surface area contributed by atoms with Gasteiger partial charge in [0, 0.05) is 18.5 Å². The van der Waals surface area contributed by atoms with Crippen LogP contribution in [0.2, 0.25) is 5.28 Å². The second-order valence-corrected chi connectivity index (χ2v) is 9.80. The van der Waals surface area contributed by atoms with Gasteiger partial charge in [-0.2, -0.15) is 4.98 Å². The highest BCUT2D eigenvalue weighted by Crippen LogP contribution is 2.36. The number of piperidine rings is 1. The molecule has 1 aromatic carbocycles. The van der Waals surface area contributed by atoms with E-state index in [1.165, 1.54) is 0 Å². The number of ether oxygens (including phenoxy) is 1. The summed E-state index contributed by atoms with van der Waals surface area (Å²) in [5.74, 6) is 0.146. The Labute approximate surface area is 182 Å². The lowest BCUT2D eigenvalue weighted by Crippen LogP contribution is -2.63. The summed E-state index contributed by atoms with van der Waals surface area (Å²) in [5.41, 5.74) is -0.349. The first-order valence-electron chi connectivity index (χ1n) is 9.71. The van der Waals surface area contributed by atoms with Gasteiger partial charge in [0.15, 0.2) is 5.82 Å². The first kappa shape index (κ1) is 20.6. The molecule has 1 amide bonds. The van der Waals surface area contributed by atoms with E-state index in [0.29, 0.717) is 28.8 Å². The number of carbonyl (C=O) groups excluding carboxylic acids is 1. The third-order valence-electron chi connectivity index (χ3n) is 5.34. The maximum atomic E-state index is 14.6. The van der Waals surface area contributed by atoms with Crippen molar-refractivity contribution in [3.63, 3.8) is 0 Å². The average Bonchev–Trinajstić information content (AvgIpc) is 2.62. The summed E-state index contributed by atoms with van der Waals surface area (Å²) in [4.78, 5) is 25.3. The summed E-state index contributed by atoms with van der Waals surface area (Å²) in [6.07, 6.45) is 2.58. The van der Waals surface area contributed by atoms with E-state index in [1.807, 2.05) is 25.7 Å². The molecule has 0 radical (unpaired) electrons. The van der Waals surface area contributed by atoms with Crippen LogP contribution in [-0.4, -0.2) is 51.7 Å². The van der Waals surface area contributed by atoms with Gasteiger partial charge in [0.2, 0.25) is 5.28 Å². The number of hydrogen-bond acceptors (Lipinski definition) is 5. The Morgan fingerprint density at radius 1 is 1.24 bits per heavy atom. The molecule has 0 aliphatic carbocycles. The van der Waals surface area contributed by atoms with Crippen LogP contribution in [0, 0.1) is 5.82 Å². The van der Waals surface area contributed by atoms with E-state index in [0.717, 1.165) is 19.3 Å². The average molecular weight is 486 g/mol. The monoisotopic (exact) mass is 484 g/mol. The van der Waals surface area contributed by atoms with E-state index in [1.54, 1.807) is 12.1 Å². The Morgan fingerprint density at radius 3 is 2.52 bits per heavy atom. The van der Waals surface area contributed by atoms with Crippen molar-refractivity contribution in [1.29, 1.82) is 0 Å². The maximum absolute atomic E-state index is 14.6. The largest absolute Gasteiger partial charge is 0.444 e. The van der Waals surface area contributed by atoms with Gasteiger partial charge < -0.3 is 9.64 Å². The molecule has 156 valence electrons. The predicted octanol–water partition coefficient (Wildman–Crippen LogP) is 5.16. The molecule has 4 rings (SSSR count). The molecular formula is C20H23BrClFN4O2. The van der Waals surface area contributed by atoms with Crippen molar-refractivity contribution in [2.24, 2.45) is 0 Å². The highest BCUT2D eigenvalue weighted by atomic mass is 79.9. The van der Waals surface area contributed by atoms with Crippen LogP contribution in [0.3, 0.4) is 0 Å². The number of fused-ring (bicyclic) bond motifs is 3. The number of hydrogen-bond donors (Lipinski definition) is 0. The van der Waals surface area contributed by atoms with Gasteiger partial charge >= 0.3 is 6.09 Å². The van der Waals surface area contributed by atoms with Crippen LogP contribution in [-0.2, 0) is 4.74 Å². The summed E-state index contributed by atoms with van der Waals surface area (Å²) in [6, 6.07) is 3.48. The van der Waals surface area contributed by atoms with Crippen LogP contribution in [0.15, 0.2) is 16.6 Å². The van der Waals surface area contributed by atoms with Gasteiger partial charge in [0.25, 0.3) is 0 Å². The highest BCUT2D eigenvalue weighted by Gasteiger charge is 2.42. The number of aromatic nitrogens is 2. The van der Waals surface area contributed by atoms with E-state index in [2.05, 4.69) is 30.8 Å². The lowest BCUT2D eigenvalue weighted by molar-refractivity contribution is -0.00974. The smallest absolute Gasteiger partial charge is 0.410 e. The zero-order valence-corrected chi connectivity index (χ0v) is 18.9. The van der Waals surface area contributed by atoms with Crippen molar-refractivity contribution in [3.8, 4) is 0 Å². The molecule has 2 aromatic rings. The van der Waals surface area contributed by atoms with Gasteiger partial charge in [-0.3, -0.25) is 4.90 Å². The number of amides is 1. The molecule has 2 aliphatic rings. The molecule has 29 heavy (non-hydrogen) atoms. The molecule has 0 N–H and O–H groups in total. The lowest BCUT2D eigenvalue weighted by atomic mass is 9.91. The summed E-state index contributed by atoms with van der Waals surface area (Å²) in [6.45, 7) is 6.81. The lowest BCUT2D eigenvalue weighted by Gasteiger charge is -2.50. The van der Waals surface area contributed by atoms with Crippen molar-refractivity contribution >= 4 is 50.3 Å². The Balaban J connectivity index is 1.68. The van der Waals surface area contributed by atoms with Crippen LogP contribution in [0.4, 0.5) is 15.0 Å². The second kappa shape index (κ2) is 7.54. The van der Waals surface area contributed by atoms with Crippen LogP contribution in [0.1, 0.15) is 40.0 Å². The van der Waals surface area contributed by atoms with E-state index in [-0.39, 0.29) is 29.0 Å². The molecule has 6 nitrogen and oxygen atoms in total. The molecule has 2 saturated heterocycles. The minimum absolute atomic E-state index is 0.00392. The van der Waals surface area contributed by atoms with Crippen LogP contribution >= 0.6 is 27.5 Å². The topological polar surface area (TPSA) is 58.6 Å². The molecule has 2 atom stereocenters. The fraction of sp³-hybridized carbons (Fsp3) is 0.550. The quantitative estimate of drug-likeness (QED) is 0.522. The van der Waals surface area contributed by atoms with Crippen LogP contribution in [0.5, 0.6) is 0 Å². The third kappa shape index (κ3) is 4.01. The summed E-state index contributed by atoms with van der Waals surface area (Å²) in [7, 11) is 0. The van der Waals surface area contributed by atoms with Crippen molar-refractivity contribution in [3.05, 3.63) is 27.7 Å². The zero-order valence-electron chi connectivity index (χ0n) is 16.6. The van der Waals surface area contributed by atoms with Gasteiger partial charge in [-0.1, -0.05) is 0 Å². The van der Waals surface area contributed by atoms with Crippen molar-refractivity contribution in [2.45, 2.75) is 57.7 Å². The predicted molar refractivity (Wildman–Crippen MR) is 114 cm³/mol. The van der Waals surface area contributed by atoms with E-state index >= 15 is 0 Å². The fourth-order valence-electron chi connectivity index (χ4n) is 4.23. The van der Waals surface area contributed by atoms with Gasteiger partial charge in [-0.15, -0.1) is 0 Å². The number of anilines is 1. The molecule has 2 unspecified atom stereocenters. The van der Waals surface area contributed by atoms with Crippen molar-refractivity contribution in [1.82, 2.24) is 14.9 Å². The standard InChI is InChI=1S/C20H23BrClFN4O2/c1-20(2,3)29-19(28)27-11-5-4-6-12(27)10-26(9-11)17-13-7-8-14(21)15(23)16(13)24-18(22)25-17/h7-8,11-12H,4-6,9-10H2,1-3H3. The second-order valence-electron chi connectivity index (χ2n) is 8.60. The Morgan fingerprint density at radius 2 is 1.90 bits per heavy atom. The van der Waals surface area contributed by atoms with Gasteiger partial charge in [-0.05, 0) is 79.7 Å². The van der Waals surface area contributed by atoms with Gasteiger partial charge in [-0.25, -0.2) is 14.2 Å². The number of benzene rings is 1. The fourth-order valence-corrected chi connectivity index (χ4v) is 4.71. The molecule has 1 aromatic heterocycles. The van der Waals surface area contributed by atoms with Crippen LogP contribution in [0.25, 0.3) is 10.9 Å². The Bertz CT molecular complexity index is 954. The molecule has 0 spiro atoms. The highest BCUT2D eigenvalue weighted by molar-refractivity contribution is 9.10. The Hall–Kier alpha value is -1.67. The SMILES string of the molecule is CC(C)(C)OC(=O)N1C2CCCC1CN(c1nc(Cl)nc3c(F)c(Br)ccc13)C2. The third-order valence-corrected chi connectivity index (χ3v) is 6.12. The van der Waals surface area contributed by atoms with Gasteiger partial charge in [0.1, 0.15) is 16.9 Å². The summed E-state index contributed by atoms with van der Waals surface area (Å²) < 4.78 is 20.6. The van der Waals surface area contributed by atoms with Crippen molar-refractivity contribution in [2.75, 3.05) is 18.0 Å². The molecule has 2 fully saturated rings. The number of halogens is 3. The molecule has 2 bridgehead atoms.